The van der Waals surface area contributed by atoms with Crippen LogP contribution in [0.4, 0.5) is 0 Å². The van der Waals surface area contributed by atoms with E-state index in [0.717, 1.165) is 5.56 Å². The molecule has 106 valence electrons. The van der Waals surface area contributed by atoms with Crippen molar-refractivity contribution in [1.29, 1.82) is 5.26 Å². The van der Waals surface area contributed by atoms with E-state index in [-0.39, 0.29) is 12.3 Å². The topological polar surface area (TPSA) is 92.4 Å². The Kier molecular flexibility index (Phi) is 4.36. The van der Waals surface area contributed by atoms with Crippen LogP contribution >= 0.6 is 0 Å². The van der Waals surface area contributed by atoms with Crippen LogP contribution in [0.15, 0.2) is 36.5 Å². The van der Waals surface area contributed by atoms with Gasteiger partial charge in [-0.15, -0.1) is 0 Å². The van der Waals surface area contributed by atoms with Crippen LogP contribution in [0.2, 0.25) is 0 Å². The summed E-state index contributed by atoms with van der Waals surface area (Å²) in [7, 11) is 1.50. The molecule has 0 saturated heterocycles. The number of nitrogens with zero attached hydrogens (tertiary/aromatic N) is 2. The molecule has 0 aliphatic carbocycles. The van der Waals surface area contributed by atoms with E-state index in [9.17, 15) is 4.79 Å². The Hall–Kier alpha value is -3.07. The van der Waals surface area contributed by atoms with Crippen LogP contribution in [0.5, 0.6) is 11.5 Å². The second-order valence-electron chi connectivity index (χ2n) is 4.12. The average molecular weight is 284 g/mol. The summed E-state index contributed by atoms with van der Waals surface area (Å²) >= 11 is 0. The van der Waals surface area contributed by atoms with Gasteiger partial charge >= 0.3 is 5.97 Å². The lowest BCUT2D eigenvalue weighted by Gasteiger charge is -2.08. The Morgan fingerprint density at radius 2 is 2.19 bits per heavy atom. The van der Waals surface area contributed by atoms with E-state index in [1.165, 1.54) is 25.4 Å². The lowest BCUT2D eigenvalue weighted by molar-refractivity contribution is 0.0690. The van der Waals surface area contributed by atoms with Crippen molar-refractivity contribution in [2.45, 2.75) is 6.61 Å². The fourth-order valence-corrected chi connectivity index (χ4v) is 1.69. The average Bonchev–Trinajstić information content (AvgIpc) is 2.52. The van der Waals surface area contributed by atoms with E-state index in [1.807, 2.05) is 6.07 Å². The molecule has 0 saturated carbocycles. The first-order valence-corrected chi connectivity index (χ1v) is 6.03. The normalized spacial score (nSPS) is 9.71. The molecular weight excluding hydrogens is 272 g/mol. The number of aromatic carboxylic acids is 1. The SMILES string of the molecule is COc1ccc(COc2ccc(C(=O)O)nc2)cc1C#N. The van der Waals surface area contributed by atoms with Gasteiger partial charge in [0.05, 0.1) is 18.9 Å². The van der Waals surface area contributed by atoms with E-state index in [4.69, 9.17) is 19.8 Å². The van der Waals surface area contributed by atoms with Crippen molar-refractivity contribution in [2.24, 2.45) is 0 Å². The van der Waals surface area contributed by atoms with Gasteiger partial charge in [0.1, 0.15) is 29.9 Å². The molecule has 1 N–H and O–H groups in total. The summed E-state index contributed by atoms with van der Waals surface area (Å²) in [6.45, 7) is 0.243. The Morgan fingerprint density at radius 3 is 2.76 bits per heavy atom. The molecular formula is C15H12N2O4. The molecule has 2 aromatic rings. The molecule has 1 aromatic heterocycles. The first-order chi connectivity index (χ1) is 10.1. The minimum atomic E-state index is -1.09. The summed E-state index contributed by atoms with van der Waals surface area (Å²) in [4.78, 5) is 14.4. The summed E-state index contributed by atoms with van der Waals surface area (Å²) in [6, 6.07) is 10.1. The van der Waals surface area contributed by atoms with Crippen LogP contribution in [-0.4, -0.2) is 23.2 Å². The Balaban J connectivity index is 2.06. The Morgan fingerprint density at radius 1 is 1.38 bits per heavy atom. The lowest BCUT2D eigenvalue weighted by atomic mass is 10.1. The third kappa shape index (κ3) is 3.48. The van der Waals surface area contributed by atoms with Crippen molar-refractivity contribution in [3.05, 3.63) is 53.3 Å². The van der Waals surface area contributed by atoms with Crippen molar-refractivity contribution in [3.63, 3.8) is 0 Å². The number of rotatable bonds is 5. The third-order valence-corrected chi connectivity index (χ3v) is 2.75. The molecule has 0 fully saturated rings. The molecule has 1 aromatic carbocycles. The predicted molar refractivity (Wildman–Crippen MR) is 73.2 cm³/mol. The number of carbonyl (C=O) groups is 1. The Bertz CT molecular complexity index is 690. The van der Waals surface area contributed by atoms with E-state index >= 15 is 0 Å². The minimum Gasteiger partial charge on any atom is -0.495 e. The van der Waals surface area contributed by atoms with Gasteiger partial charge in [0.25, 0.3) is 0 Å². The smallest absolute Gasteiger partial charge is 0.354 e. The Labute approximate surface area is 121 Å². The zero-order valence-electron chi connectivity index (χ0n) is 11.2. The molecule has 0 unspecified atom stereocenters. The van der Waals surface area contributed by atoms with Gasteiger partial charge in [-0.25, -0.2) is 9.78 Å². The molecule has 0 amide bonds. The maximum Gasteiger partial charge on any atom is 0.354 e. The predicted octanol–water partition coefficient (Wildman–Crippen LogP) is 2.24. The molecule has 0 radical (unpaired) electrons. The number of benzene rings is 1. The summed E-state index contributed by atoms with van der Waals surface area (Å²) in [5.41, 5.74) is 1.19. The van der Waals surface area contributed by atoms with Crippen molar-refractivity contribution in [1.82, 2.24) is 4.98 Å². The van der Waals surface area contributed by atoms with Crippen LogP contribution in [0.3, 0.4) is 0 Å². The molecule has 21 heavy (non-hydrogen) atoms. The van der Waals surface area contributed by atoms with Crippen LogP contribution in [0.1, 0.15) is 21.6 Å². The zero-order chi connectivity index (χ0) is 15.2. The molecule has 6 nitrogen and oxygen atoms in total. The van der Waals surface area contributed by atoms with Crippen LogP contribution < -0.4 is 9.47 Å². The second kappa shape index (κ2) is 6.39. The highest BCUT2D eigenvalue weighted by Crippen LogP contribution is 2.20. The highest BCUT2D eigenvalue weighted by molar-refractivity contribution is 5.85. The van der Waals surface area contributed by atoms with E-state index in [1.54, 1.807) is 18.2 Å². The van der Waals surface area contributed by atoms with Gasteiger partial charge in [-0.3, -0.25) is 0 Å². The van der Waals surface area contributed by atoms with Gasteiger partial charge in [-0.1, -0.05) is 6.07 Å². The second-order valence-corrected chi connectivity index (χ2v) is 4.12. The quantitative estimate of drug-likeness (QED) is 0.905. The van der Waals surface area contributed by atoms with Crippen molar-refractivity contribution >= 4 is 5.97 Å². The van der Waals surface area contributed by atoms with E-state index < -0.39 is 5.97 Å². The largest absolute Gasteiger partial charge is 0.495 e. The summed E-state index contributed by atoms with van der Waals surface area (Å²) in [6.07, 6.45) is 1.35. The van der Waals surface area contributed by atoms with Crippen LogP contribution in [-0.2, 0) is 6.61 Å². The number of pyridine rings is 1. The van der Waals surface area contributed by atoms with Crippen molar-refractivity contribution in [3.8, 4) is 17.6 Å². The fourth-order valence-electron chi connectivity index (χ4n) is 1.69. The van der Waals surface area contributed by atoms with Crippen LogP contribution in [0, 0.1) is 11.3 Å². The number of carboxylic acid groups (broad SMARTS) is 1. The fraction of sp³-hybridized carbons (Fsp3) is 0.133. The van der Waals surface area contributed by atoms with Crippen molar-refractivity contribution < 1.29 is 19.4 Å². The lowest BCUT2D eigenvalue weighted by Crippen LogP contribution is -2.01. The number of ether oxygens (including phenoxy) is 2. The molecule has 0 atom stereocenters. The zero-order valence-corrected chi connectivity index (χ0v) is 11.2. The molecule has 0 aliphatic heterocycles. The van der Waals surface area contributed by atoms with E-state index in [0.29, 0.717) is 17.1 Å². The van der Waals surface area contributed by atoms with Gasteiger partial charge in [0.2, 0.25) is 0 Å². The number of nitriles is 1. The van der Waals surface area contributed by atoms with Gasteiger partial charge in [-0.05, 0) is 29.8 Å². The molecule has 2 rings (SSSR count). The number of carboxylic acids is 1. The third-order valence-electron chi connectivity index (χ3n) is 2.75. The minimum absolute atomic E-state index is 0.0430. The molecule has 0 aliphatic rings. The van der Waals surface area contributed by atoms with Crippen LogP contribution in [0.25, 0.3) is 0 Å². The first-order valence-electron chi connectivity index (χ1n) is 6.03. The highest BCUT2D eigenvalue weighted by Gasteiger charge is 2.06. The van der Waals surface area contributed by atoms with Crippen molar-refractivity contribution in [2.75, 3.05) is 7.11 Å². The molecule has 0 spiro atoms. The standard InChI is InChI=1S/C15H12N2O4/c1-20-14-5-2-10(6-11(14)7-16)9-21-12-3-4-13(15(18)19)17-8-12/h2-6,8H,9H2,1H3,(H,18,19). The van der Waals surface area contributed by atoms with Gasteiger partial charge < -0.3 is 14.6 Å². The summed E-state index contributed by atoms with van der Waals surface area (Å²) in [5.74, 6) is -0.126. The maximum atomic E-state index is 10.7. The van der Waals surface area contributed by atoms with Gasteiger partial charge in [0, 0.05) is 0 Å². The first kappa shape index (κ1) is 14.3. The molecule has 0 bridgehead atoms. The molecule has 6 heteroatoms. The molecule has 1 heterocycles. The monoisotopic (exact) mass is 284 g/mol. The number of hydrogen-bond acceptors (Lipinski definition) is 5. The highest BCUT2D eigenvalue weighted by atomic mass is 16.5. The maximum absolute atomic E-state index is 10.7. The number of aromatic nitrogens is 1. The number of methoxy groups -OCH3 is 1. The summed E-state index contributed by atoms with van der Waals surface area (Å²) < 4.78 is 10.6. The number of hydrogen-bond donors (Lipinski definition) is 1. The van der Waals surface area contributed by atoms with Gasteiger partial charge in [-0.2, -0.15) is 5.26 Å². The summed E-state index contributed by atoms with van der Waals surface area (Å²) in [5, 5.41) is 17.8. The van der Waals surface area contributed by atoms with Gasteiger partial charge in [0.15, 0.2) is 0 Å². The van der Waals surface area contributed by atoms with E-state index in [2.05, 4.69) is 4.98 Å².